The summed E-state index contributed by atoms with van der Waals surface area (Å²) in [5, 5.41) is 2.32. The third-order valence-corrected chi connectivity index (χ3v) is 4.24. The molecule has 1 atom stereocenters. The van der Waals surface area contributed by atoms with E-state index >= 15 is 0 Å². The summed E-state index contributed by atoms with van der Waals surface area (Å²) in [5.74, 6) is -1.88. The molecule has 0 saturated heterocycles. The van der Waals surface area contributed by atoms with E-state index in [1.165, 1.54) is 37.4 Å². The van der Waals surface area contributed by atoms with Gasteiger partial charge in [-0.1, -0.05) is 18.2 Å². The molecule has 2 aromatic carbocycles. The van der Waals surface area contributed by atoms with Crippen molar-refractivity contribution in [2.75, 3.05) is 11.9 Å². The van der Waals surface area contributed by atoms with Crippen molar-refractivity contribution in [3.8, 4) is 11.5 Å². The van der Waals surface area contributed by atoms with Crippen LogP contribution < -0.4 is 20.7 Å². The Hall–Kier alpha value is -3.23. The predicted molar refractivity (Wildman–Crippen MR) is 91.5 cm³/mol. The molecule has 0 spiro atoms. The van der Waals surface area contributed by atoms with Crippen LogP contribution in [0.2, 0.25) is 0 Å². The van der Waals surface area contributed by atoms with E-state index in [0.29, 0.717) is 5.56 Å². The molecule has 3 rings (SSSR count). The topological polar surface area (TPSA) is 84.7 Å². The lowest BCUT2D eigenvalue weighted by Gasteiger charge is -2.33. The third-order valence-electron chi connectivity index (χ3n) is 4.24. The molecule has 0 bridgehead atoms. The van der Waals surface area contributed by atoms with Crippen molar-refractivity contribution >= 4 is 17.6 Å². The zero-order chi connectivity index (χ0) is 19.7. The second-order valence-electron chi connectivity index (χ2n) is 5.99. The van der Waals surface area contributed by atoms with Gasteiger partial charge in [0.1, 0.15) is 11.8 Å². The normalized spacial score (nSPS) is 16.3. The monoisotopic (exact) mass is 379 g/mol. The molecule has 0 aromatic heterocycles. The van der Waals surface area contributed by atoms with Gasteiger partial charge in [0.15, 0.2) is 11.6 Å². The van der Waals surface area contributed by atoms with Crippen LogP contribution >= 0.6 is 0 Å². The first-order valence-electron chi connectivity index (χ1n) is 7.99. The number of fused-ring (bicyclic) bond motifs is 1. The Morgan fingerprint density at radius 3 is 2.67 bits per heavy atom. The standard InChI is InChI=1S/C18H16F3N3O3/c1-24-14-9(8-12(17(24)25)23-18(22)26)6-7-11(19)15(14)27-13-5-3-2-4-10(13)16(20)21/h2-7,12,16H,8H2,1H3,(H3,22,23,26)/t12-/m1/s1. The van der Waals surface area contributed by atoms with Crippen LogP contribution in [0.5, 0.6) is 11.5 Å². The van der Waals surface area contributed by atoms with E-state index in [0.717, 1.165) is 11.0 Å². The number of primary amides is 1. The first-order chi connectivity index (χ1) is 12.8. The Bertz CT molecular complexity index is 905. The third kappa shape index (κ3) is 3.53. The summed E-state index contributed by atoms with van der Waals surface area (Å²) < 4.78 is 46.3. The fourth-order valence-electron chi connectivity index (χ4n) is 3.02. The van der Waals surface area contributed by atoms with Gasteiger partial charge in [-0.3, -0.25) is 4.79 Å². The number of anilines is 1. The number of hydrogen-bond donors (Lipinski definition) is 2. The maximum atomic E-state index is 14.5. The number of carbonyl (C=O) groups excluding carboxylic acids is 2. The summed E-state index contributed by atoms with van der Waals surface area (Å²) in [4.78, 5) is 24.7. The number of ether oxygens (including phenoxy) is 1. The molecule has 9 heteroatoms. The maximum absolute atomic E-state index is 14.5. The number of hydrogen-bond acceptors (Lipinski definition) is 3. The molecule has 0 aliphatic carbocycles. The molecule has 3 N–H and O–H groups in total. The fraction of sp³-hybridized carbons (Fsp3) is 0.222. The number of carbonyl (C=O) groups is 2. The van der Waals surface area contributed by atoms with Gasteiger partial charge in [-0.2, -0.15) is 0 Å². The molecule has 0 fully saturated rings. The van der Waals surface area contributed by atoms with Crippen LogP contribution in [0.3, 0.4) is 0 Å². The molecule has 1 aliphatic heterocycles. The molecule has 0 radical (unpaired) electrons. The van der Waals surface area contributed by atoms with E-state index in [4.69, 9.17) is 10.5 Å². The van der Waals surface area contributed by atoms with E-state index < -0.39 is 35.8 Å². The molecule has 0 saturated carbocycles. The van der Waals surface area contributed by atoms with E-state index in [1.807, 2.05) is 0 Å². The Morgan fingerprint density at radius 1 is 1.30 bits per heavy atom. The number of nitrogens with two attached hydrogens (primary N) is 1. The number of likely N-dealkylation sites (N-methyl/N-ethyl adjacent to an activating group) is 1. The van der Waals surface area contributed by atoms with Crippen molar-refractivity contribution in [1.29, 1.82) is 0 Å². The molecule has 1 heterocycles. The number of rotatable bonds is 4. The van der Waals surface area contributed by atoms with Crippen molar-refractivity contribution in [3.63, 3.8) is 0 Å². The largest absolute Gasteiger partial charge is 0.452 e. The number of nitrogens with zero attached hydrogens (tertiary/aromatic N) is 1. The molecule has 142 valence electrons. The molecule has 0 unspecified atom stereocenters. The maximum Gasteiger partial charge on any atom is 0.312 e. The SMILES string of the molecule is CN1C(=O)[C@H](NC(N)=O)Cc2ccc(F)c(Oc3ccccc3C(F)F)c21. The minimum absolute atomic E-state index is 0.0641. The number of halogens is 3. The van der Waals surface area contributed by atoms with Gasteiger partial charge in [0.2, 0.25) is 5.91 Å². The lowest BCUT2D eigenvalue weighted by Crippen LogP contribution is -2.53. The predicted octanol–water partition coefficient (Wildman–Crippen LogP) is 3.11. The number of para-hydroxylation sites is 1. The molecular formula is C18H16F3N3O3. The van der Waals surface area contributed by atoms with Gasteiger partial charge in [-0.05, 0) is 23.8 Å². The zero-order valence-corrected chi connectivity index (χ0v) is 14.2. The zero-order valence-electron chi connectivity index (χ0n) is 14.2. The average Bonchev–Trinajstić information content (AvgIpc) is 2.61. The van der Waals surface area contributed by atoms with Crippen molar-refractivity contribution in [2.45, 2.75) is 18.9 Å². The van der Waals surface area contributed by atoms with Crippen LogP contribution in [-0.2, 0) is 11.2 Å². The average molecular weight is 379 g/mol. The van der Waals surface area contributed by atoms with Crippen molar-refractivity contribution in [1.82, 2.24) is 5.32 Å². The molecule has 1 aliphatic rings. The molecule has 27 heavy (non-hydrogen) atoms. The Labute approximate surface area is 152 Å². The van der Waals surface area contributed by atoms with E-state index in [9.17, 15) is 22.8 Å². The van der Waals surface area contributed by atoms with Gasteiger partial charge in [-0.25, -0.2) is 18.0 Å². The van der Waals surface area contributed by atoms with E-state index in [1.54, 1.807) is 0 Å². The van der Waals surface area contributed by atoms with E-state index in [-0.39, 0.29) is 23.6 Å². The van der Waals surface area contributed by atoms with Gasteiger partial charge in [-0.15, -0.1) is 0 Å². The van der Waals surface area contributed by atoms with Crippen LogP contribution in [0.4, 0.5) is 23.7 Å². The number of urea groups is 1. The second-order valence-corrected chi connectivity index (χ2v) is 5.99. The van der Waals surface area contributed by atoms with Gasteiger partial charge in [0.05, 0.1) is 11.3 Å². The number of nitrogens with one attached hydrogen (secondary N) is 1. The minimum atomic E-state index is -2.81. The van der Waals surface area contributed by atoms with Crippen molar-refractivity contribution in [2.24, 2.45) is 5.73 Å². The van der Waals surface area contributed by atoms with Crippen LogP contribution in [0, 0.1) is 5.82 Å². The molecule has 3 amide bonds. The highest BCUT2D eigenvalue weighted by molar-refractivity contribution is 6.02. The van der Waals surface area contributed by atoms with Crippen LogP contribution in [0.25, 0.3) is 0 Å². The Balaban J connectivity index is 2.05. The smallest absolute Gasteiger partial charge is 0.312 e. The first-order valence-corrected chi connectivity index (χ1v) is 7.99. The van der Waals surface area contributed by atoms with Gasteiger partial charge >= 0.3 is 6.03 Å². The summed E-state index contributed by atoms with van der Waals surface area (Å²) in [6, 6.07) is 6.15. The Morgan fingerprint density at radius 2 is 2.00 bits per heavy atom. The molecular weight excluding hydrogens is 363 g/mol. The van der Waals surface area contributed by atoms with Crippen LogP contribution in [0.1, 0.15) is 17.6 Å². The number of amides is 3. The first kappa shape index (κ1) is 18.6. The summed E-state index contributed by atoms with van der Waals surface area (Å²) >= 11 is 0. The second kappa shape index (κ2) is 7.18. The van der Waals surface area contributed by atoms with Gasteiger partial charge in [0, 0.05) is 13.5 Å². The lowest BCUT2D eigenvalue weighted by molar-refractivity contribution is -0.120. The highest BCUT2D eigenvalue weighted by Crippen LogP contribution is 2.42. The molecule has 6 nitrogen and oxygen atoms in total. The van der Waals surface area contributed by atoms with Gasteiger partial charge < -0.3 is 20.7 Å². The lowest BCUT2D eigenvalue weighted by atomic mass is 9.96. The minimum Gasteiger partial charge on any atom is -0.452 e. The summed E-state index contributed by atoms with van der Waals surface area (Å²) in [5.41, 5.74) is 5.30. The highest BCUT2D eigenvalue weighted by atomic mass is 19.3. The fourth-order valence-corrected chi connectivity index (χ4v) is 3.02. The Kier molecular flexibility index (Phi) is 4.93. The van der Waals surface area contributed by atoms with E-state index in [2.05, 4.69) is 5.32 Å². The molecule has 2 aromatic rings. The van der Waals surface area contributed by atoms with Gasteiger partial charge in [0.25, 0.3) is 6.43 Å². The summed E-state index contributed by atoms with van der Waals surface area (Å²) in [6.07, 6.45) is -2.75. The highest BCUT2D eigenvalue weighted by Gasteiger charge is 2.35. The van der Waals surface area contributed by atoms with Crippen LogP contribution in [0.15, 0.2) is 36.4 Å². The van der Waals surface area contributed by atoms with Crippen molar-refractivity contribution < 1.29 is 27.5 Å². The number of alkyl halides is 2. The number of benzene rings is 2. The quantitative estimate of drug-likeness (QED) is 0.856. The summed E-state index contributed by atoms with van der Waals surface area (Å²) in [6.45, 7) is 0. The van der Waals surface area contributed by atoms with Crippen molar-refractivity contribution in [3.05, 3.63) is 53.3 Å². The summed E-state index contributed by atoms with van der Waals surface area (Å²) in [7, 11) is 1.38. The van der Waals surface area contributed by atoms with Crippen LogP contribution in [-0.4, -0.2) is 25.0 Å².